The molecule has 0 saturated carbocycles. The minimum absolute atomic E-state index is 0.226. The third-order valence-electron chi connectivity index (χ3n) is 2.46. The van der Waals surface area contributed by atoms with Crippen LogP contribution in [-0.4, -0.2) is 19.8 Å². The lowest BCUT2D eigenvalue weighted by molar-refractivity contribution is 0.182. The molecule has 3 nitrogen and oxygen atoms in total. The molecule has 0 bridgehead atoms. The fourth-order valence-corrected chi connectivity index (χ4v) is 1.99. The summed E-state index contributed by atoms with van der Waals surface area (Å²) in [7, 11) is 1.68. The van der Waals surface area contributed by atoms with Crippen molar-refractivity contribution in [3.8, 4) is 0 Å². The van der Waals surface area contributed by atoms with Gasteiger partial charge in [-0.05, 0) is 18.6 Å². The summed E-state index contributed by atoms with van der Waals surface area (Å²) in [6, 6.07) is 3.63. The van der Waals surface area contributed by atoms with E-state index in [2.05, 4.69) is 12.2 Å². The largest absolute Gasteiger partial charge is 0.397 e. The van der Waals surface area contributed by atoms with Crippen LogP contribution >= 0.6 is 23.2 Å². The quantitative estimate of drug-likeness (QED) is 0.777. The number of hydrogen-bond acceptors (Lipinski definition) is 3. The molecule has 1 aromatic rings. The number of hydrogen-bond donors (Lipinski definition) is 2. The van der Waals surface area contributed by atoms with E-state index in [9.17, 15) is 0 Å². The van der Waals surface area contributed by atoms with Crippen LogP contribution in [0.5, 0.6) is 0 Å². The molecule has 0 amide bonds. The van der Waals surface area contributed by atoms with Gasteiger partial charge in [-0.15, -0.1) is 0 Å². The van der Waals surface area contributed by atoms with Gasteiger partial charge in [-0.2, -0.15) is 0 Å². The van der Waals surface area contributed by atoms with E-state index in [0.29, 0.717) is 22.3 Å². The lowest BCUT2D eigenvalue weighted by Gasteiger charge is -2.20. The highest BCUT2D eigenvalue weighted by Crippen LogP contribution is 2.31. The van der Waals surface area contributed by atoms with Crippen LogP contribution in [0.1, 0.15) is 19.8 Å². The molecule has 0 heterocycles. The molecule has 0 saturated heterocycles. The van der Waals surface area contributed by atoms with Crippen molar-refractivity contribution in [1.82, 2.24) is 0 Å². The number of ether oxygens (including phenoxy) is 1. The monoisotopic (exact) mass is 276 g/mol. The van der Waals surface area contributed by atoms with Crippen molar-refractivity contribution >= 4 is 34.6 Å². The summed E-state index contributed by atoms with van der Waals surface area (Å²) >= 11 is 11.8. The molecular formula is C12H18Cl2N2O. The minimum atomic E-state index is 0.226. The molecule has 5 heteroatoms. The van der Waals surface area contributed by atoms with Crippen LogP contribution < -0.4 is 11.1 Å². The van der Waals surface area contributed by atoms with E-state index in [1.54, 1.807) is 19.2 Å². The van der Waals surface area contributed by atoms with Crippen molar-refractivity contribution in [3.63, 3.8) is 0 Å². The van der Waals surface area contributed by atoms with E-state index in [1.807, 2.05) is 0 Å². The molecule has 1 atom stereocenters. The van der Waals surface area contributed by atoms with Crippen LogP contribution in [0.25, 0.3) is 0 Å². The van der Waals surface area contributed by atoms with Crippen LogP contribution in [0.15, 0.2) is 12.1 Å². The maximum absolute atomic E-state index is 5.96. The Bertz CT molecular complexity index is 366. The van der Waals surface area contributed by atoms with Gasteiger partial charge in [0.05, 0.1) is 28.0 Å². The average molecular weight is 277 g/mol. The van der Waals surface area contributed by atoms with E-state index in [1.165, 1.54) is 0 Å². The molecule has 1 unspecified atom stereocenters. The molecular weight excluding hydrogens is 259 g/mol. The first-order valence-corrected chi connectivity index (χ1v) is 6.34. The van der Waals surface area contributed by atoms with E-state index >= 15 is 0 Å². The predicted octanol–water partition coefficient (Wildman–Crippen LogP) is 3.80. The maximum atomic E-state index is 5.96. The summed E-state index contributed by atoms with van der Waals surface area (Å²) in [5, 5.41) is 4.29. The number of benzene rings is 1. The lowest BCUT2D eigenvalue weighted by Crippen LogP contribution is -2.25. The Morgan fingerprint density at radius 1 is 1.35 bits per heavy atom. The number of methoxy groups -OCH3 is 1. The van der Waals surface area contributed by atoms with Crippen molar-refractivity contribution in [2.45, 2.75) is 25.8 Å². The summed E-state index contributed by atoms with van der Waals surface area (Å²) in [4.78, 5) is 0. The van der Waals surface area contributed by atoms with Crippen LogP contribution in [0.4, 0.5) is 11.4 Å². The topological polar surface area (TPSA) is 47.3 Å². The summed E-state index contributed by atoms with van der Waals surface area (Å²) < 4.78 is 5.16. The molecule has 1 rings (SSSR count). The van der Waals surface area contributed by atoms with Gasteiger partial charge in [0.2, 0.25) is 0 Å². The zero-order chi connectivity index (χ0) is 12.8. The molecule has 0 aliphatic carbocycles. The van der Waals surface area contributed by atoms with E-state index in [4.69, 9.17) is 33.7 Å². The van der Waals surface area contributed by atoms with Gasteiger partial charge in [0.1, 0.15) is 0 Å². The number of nitrogens with one attached hydrogen (secondary N) is 1. The van der Waals surface area contributed by atoms with Crippen molar-refractivity contribution in [1.29, 1.82) is 0 Å². The van der Waals surface area contributed by atoms with Gasteiger partial charge in [-0.25, -0.2) is 0 Å². The SMILES string of the molecule is CCCC(COC)Nc1cc(Cl)c(Cl)cc1N. The van der Waals surface area contributed by atoms with Crippen LogP contribution in [-0.2, 0) is 4.74 Å². The highest BCUT2D eigenvalue weighted by molar-refractivity contribution is 6.42. The number of nitrogens with two attached hydrogens (primary N) is 1. The normalized spacial score (nSPS) is 12.5. The third-order valence-corrected chi connectivity index (χ3v) is 3.18. The summed E-state index contributed by atoms with van der Waals surface area (Å²) in [6.07, 6.45) is 2.08. The Hall–Kier alpha value is -0.640. The standard InChI is InChI=1S/C12H18Cl2N2O/c1-3-4-8(7-17-2)16-12-6-10(14)9(13)5-11(12)15/h5-6,8,16H,3-4,7,15H2,1-2H3. The molecule has 96 valence electrons. The molecule has 0 fully saturated rings. The van der Waals surface area contributed by atoms with Gasteiger partial charge in [0.25, 0.3) is 0 Å². The zero-order valence-electron chi connectivity index (χ0n) is 10.1. The Balaban J connectivity index is 2.81. The Morgan fingerprint density at radius 3 is 2.59 bits per heavy atom. The zero-order valence-corrected chi connectivity index (χ0v) is 11.6. The smallest absolute Gasteiger partial charge is 0.0664 e. The van der Waals surface area contributed by atoms with Gasteiger partial charge in [-0.3, -0.25) is 0 Å². The van der Waals surface area contributed by atoms with Crippen molar-refractivity contribution in [3.05, 3.63) is 22.2 Å². The third kappa shape index (κ3) is 4.26. The van der Waals surface area contributed by atoms with Gasteiger partial charge >= 0.3 is 0 Å². The molecule has 0 aliphatic heterocycles. The molecule has 1 aromatic carbocycles. The predicted molar refractivity (Wildman–Crippen MR) is 75.1 cm³/mol. The second-order valence-corrected chi connectivity index (χ2v) is 4.75. The van der Waals surface area contributed by atoms with Crippen molar-refractivity contribution in [2.75, 3.05) is 24.8 Å². The molecule has 0 spiro atoms. The Kier molecular flexibility index (Phi) is 5.89. The molecule has 0 radical (unpaired) electrons. The van der Waals surface area contributed by atoms with Crippen LogP contribution in [0.3, 0.4) is 0 Å². The van der Waals surface area contributed by atoms with E-state index in [-0.39, 0.29) is 6.04 Å². The molecule has 3 N–H and O–H groups in total. The van der Waals surface area contributed by atoms with Gasteiger partial charge in [-0.1, -0.05) is 36.5 Å². The first kappa shape index (κ1) is 14.4. The maximum Gasteiger partial charge on any atom is 0.0664 e. The first-order chi connectivity index (χ1) is 8.08. The number of nitrogen functional groups attached to an aromatic ring is 1. The summed E-state index contributed by atoms with van der Waals surface area (Å²) in [5.41, 5.74) is 7.28. The Labute approximate surface area is 112 Å². The first-order valence-electron chi connectivity index (χ1n) is 5.58. The van der Waals surface area contributed by atoms with Crippen LogP contribution in [0.2, 0.25) is 10.0 Å². The Morgan fingerprint density at radius 2 is 2.00 bits per heavy atom. The molecule has 0 aliphatic rings. The molecule has 0 aromatic heterocycles. The lowest BCUT2D eigenvalue weighted by atomic mass is 10.1. The van der Waals surface area contributed by atoms with Gasteiger partial charge in [0.15, 0.2) is 0 Å². The number of anilines is 2. The number of rotatable bonds is 6. The minimum Gasteiger partial charge on any atom is -0.397 e. The highest BCUT2D eigenvalue weighted by Gasteiger charge is 2.11. The average Bonchev–Trinajstić information content (AvgIpc) is 2.26. The van der Waals surface area contributed by atoms with Crippen molar-refractivity contribution < 1.29 is 4.74 Å². The van der Waals surface area contributed by atoms with E-state index in [0.717, 1.165) is 18.5 Å². The summed E-state index contributed by atoms with van der Waals surface area (Å²) in [6.45, 7) is 2.76. The number of halogens is 2. The van der Waals surface area contributed by atoms with E-state index < -0.39 is 0 Å². The highest BCUT2D eigenvalue weighted by atomic mass is 35.5. The second kappa shape index (κ2) is 6.94. The van der Waals surface area contributed by atoms with Crippen LogP contribution in [0, 0.1) is 0 Å². The fraction of sp³-hybridized carbons (Fsp3) is 0.500. The summed E-state index contributed by atoms with van der Waals surface area (Å²) in [5.74, 6) is 0. The van der Waals surface area contributed by atoms with Gasteiger partial charge < -0.3 is 15.8 Å². The van der Waals surface area contributed by atoms with Crippen molar-refractivity contribution in [2.24, 2.45) is 0 Å². The fourth-order valence-electron chi connectivity index (χ4n) is 1.65. The molecule has 17 heavy (non-hydrogen) atoms. The van der Waals surface area contributed by atoms with Gasteiger partial charge in [0, 0.05) is 13.2 Å². The second-order valence-electron chi connectivity index (χ2n) is 3.94.